The summed E-state index contributed by atoms with van der Waals surface area (Å²) in [5, 5.41) is 11.4. The van der Waals surface area contributed by atoms with Crippen molar-refractivity contribution in [1.29, 1.82) is 0 Å². The molecule has 0 spiro atoms. The van der Waals surface area contributed by atoms with Crippen molar-refractivity contribution >= 4 is 11.9 Å². The number of carboxylic acid groups (broad SMARTS) is 1. The van der Waals surface area contributed by atoms with E-state index in [1.807, 2.05) is 0 Å². The SMILES string of the molecule is O=C(N[C@H](Cc1cnc[nH]1)C(=O)O)c1cccc(=O)[nH]1. The maximum Gasteiger partial charge on any atom is 0.326 e. The normalized spacial score (nSPS) is 11.8. The summed E-state index contributed by atoms with van der Waals surface area (Å²) in [5.41, 5.74) is 0.158. The van der Waals surface area contributed by atoms with Crippen LogP contribution >= 0.6 is 0 Å². The van der Waals surface area contributed by atoms with Crippen molar-refractivity contribution in [3.63, 3.8) is 0 Å². The lowest BCUT2D eigenvalue weighted by atomic mass is 10.1. The van der Waals surface area contributed by atoms with Crippen molar-refractivity contribution < 1.29 is 14.7 Å². The van der Waals surface area contributed by atoms with Crippen LogP contribution in [0.25, 0.3) is 0 Å². The van der Waals surface area contributed by atoms with Crippen LogP contribution in [0, 0.1) is 0 Å². The lowest BCUT2D eigenvalue weighted by Crippen LogP contribution is -2.43. The molecule has 0 saturated heterocycles. The van der Waals surface area contributed by atoms with Crippen LogP contribution in [0.1, 0.15) is 16.2 Å². The van der Waals surface area contributed by atoms with Gasteiger partial charge in [0.15, 0.2) is 0 Å². The molecule has 0 aliphatic heterocycles. The average molecular weight is 276 g/mol. The summed E-state index contributed by atoms with van der Waals surface area (Å²) >= 11 is 0. The zero-order valence-corrected chi connectivity index (χ0v) is 10.3. The minimum atomic E-state index is -1.17. The Morgan fingerprint density at radius 3 is 2.80 bits per heavy atom. The predicted octanol–water partition coefficient (Wildman–Crippen LogP) is -0.476. The molecule has 0 radical (unpaired) electrons. The third kappa shape index (κ3) is 3.31. The van der Waals surface area contributed by atoms with E-state index in [9.17, 15) is 14.4 Å². The molecule has 1 amide bonds. The number of hydrogen-bond acceptors (Lipinski definition) is 4. The van der Waals surface area contributed by atoms with Gasteiger partial charge in [-0.05, 0) is 6.07 Å². The van der Waals surface area contributed by atoms with Gasteiger partial charge in [0, 0.05) is 24.4 Å². The van der Waals surface area contributed by atoms with Crippen LogP contribution in [0.4, 0.5) is 0 Å². The Morgan fingerprint density at radius 1 is 1.40 bits per heavy atom. The molecule has 0 fully saturated rings. The monoisotopic (exact) mass is 276 g/mol. The van der Waals surface area contributed by atoms with E-state index < -0.39 is 23.5 Å². The van der Waals surface area contributed by atoms with Gasteiger partial charge in [-0.15, -0.1) is 0 Å². The van der Waals surface area contributed by atoms with Gasteiger partial charge in [-0.1, -0.05) is 6.07 Å². The molecular weight excluding hydrogens is 264 g/mol. The van der Waals surface area contributed by atoms with Gasteiger partial charge in [-0.2, -0.15) is 0 Å². The van der Waals surface area contributed by atoms with E-state index >= 15 is 0 Å². The lowest BCUT2D eigenvalue weighted by molar-refractivity contribution is -0.139. The van der Waals surface area contributed by atoms with Crippen LogP contribution in [-0.4, -0.2) is 38.0 Å². The number of amides is 1. The minimum Gasteiger partial charge on any atom is -0.480 e. The van der Waals surface area contributed by atoms with Crippen molar-refractivity contribution in [2.24, 2.45) is 0 Å². The molecule has 0 aliphatic rings. The molecule has 0 unspecified atom stereocenters. The zero-order valence-electron chi connectivity index (χ0n) is 10.3. The number of carbonyl (C=O) groups is 2. The van der Waals surface area contributed by atoms with Crippen LogP contribution < -0.4 is 10.9 Å². The fourth-order valence-electron chi connectivity index (χ4n) is 1.63. The van der Waals surface area contributed by atoms with Gasteiger partial charge < -0.3 is 20.4 Å². The second-order valence-electron chi connectivity index (χ2n) is 4.07. The second kappa shape index (κ2) is 5.83. The first kappa shape index (κ1) is 13.5. The Kier molecular flexibility index (Phi) is 3.94. The molecule has 20 heavy (non-hydrogen) atoms. The molecule has 104 valence electrons. The molecule has 0 saturated carbocycles. The number of aromatic amines is 2. The Bertz CT molecular complexity index is 662. The summed E-state index contributed by atoms with van der Waals surface area (Å²) < 4.78 is 0. The molecule has 2 heterocycles. The van der Waals surface area contributed by atoms with Crippen LogP contribution in [0.5, 0.6) is 0 Å². The molecule has 2 rings (SSSR count). The van der Waals surface area contributed by atoms with Crippen LogP contribution in [0.3, 0.4) is 0 Å². The largest absolute Gasteiger partial charge is 0.480 e. The van der Waals surface area contributed by atoms with E-state index in [0.29, 0.717) is 5.69 Å². The van der Waals surface area contributed by atoms with E-state index in [1.54, 1.807) is 0 Å². The summed E-state index contributed by atoms with van der Waals surface area (Å²) in [6.07, 6.45) is 2.97. The highest BCUT2D eigenvalue weighted by Gasteiger charge is 2.22. The Labute approximate surface area is 112 Å². The van der Waals surface area contributed by atoms with E-state index in [4.69, 9.17) is 5.11 Å². The first-order valence-corrected chi connectivity index (χ1v) is 5.76. The van der Waals surface area contributed by atoms with Gasteiger partial charge >= 0.3 is 5.97 Å². The Balaban J connectivity index is 2.10. The first-order chi connectivity index (χ1) is 9.56. The zero-order chi connectivity index (χ0) is 14.5. The fourth-order valence-corrected chi connectivity index (χ4v) is 1.63. The Hall–Kier alpha value is -2.90. The highest BCUT2D eigenvalue weighted by Crippen LogP contribution is 2.00. The van der Waals surface area contributed by atoms with Gasteiger partial charge in [-0.3, -0.25) is 9.59 Å². The van der Waals surface area contributed by atoms with Gasteiger partial charge in [0.05, 0.1) is 6.33 Å². The number of aliphatic carboxylic acids is 1. The summed E-state index contributed by atoms with van der Waals surface area (Å²) in [6, 6.07) is 2.95. The number of carboxylic acids is 1. The topological polar surface area (TPSA) is 128 Å². The third-order valence-electron chi connectivity index (χ3n) is 2.60. The smallest absolute Gasteiger partial charge is 0.326 e. The molecule has 2 aromatic heterocycles. The summed E-state index contributed by atoms with van der Waals surface area (Å²) in [7, 11) is 0. The number of hydrogen-bond donors (Lipinski definition) is 4. The molecule has 0 bridgehead atoms. The predicted molar refractivity (Wildman–Crippen MR) is 68.2 cm³/mol. The van der Waals surface area contributed by atoms with E-state index in [0.717, 1.165) is 0 Å². The standard InChI is InChI=1S/C12H12N4O4/c17-10-3-1-2-8(15-10)11(18)16-9(12(19)20)4-7-5-13-6-14-7/h1-3,5-6,9H,4H2,(H,13,14)(H,15,17)(H,16,18)(H,19,20)/t9-/m1/s1. The third-order valence-corrected chi connectivity index (χ3v) is 2.60. The highest BCUT2D eigenvalue weighted by molar-refractivity contribution is 5.94. The van der Waals surface area contributed by atoms with Crippen molar-refractivity contribution in [2.45, 2.75) is 12.5 Å². The molecule has 0 aliphatic carbocycles. The van der Waals surface area contributed by atoms with E-state index in [-0.39, 0.29) is 12.1 Å². The number of H-pyrrole nitrogens is 2. The number of imidazole rings is 1. The van der Waals surface area contributed by atoms with Crippen molar-refractivity contribution in [2.75, 3.05) is 0 Å². The Morgan fingerprint density at radius 2 is 2.20 bits per heavy atom. The number of carbonyl (C=O) groups excluding carboxylic acids is 1. The van der Waals surface area contributed by atoms with Crippen molar-refractivity contribution in [1.82, 2.24) is 20.3 Å². The molecule has 4 N–H and O–H groups in total. The maximum absolute atomic E-state index is 11.9. The van der Waals surface area contributed by atoms with Crippen LogP contribution in [0.15, 0.2) is 35.5 Å². The molecule has 0 aromatic carbocycles. The molecule has 8 nitrogen and oxygen atoms in total. The first-order valence-electron chi connectivity index (χ1n) is 5.76. The molecule has 8 heteroatoms. The molecule has 1 atom stereocenters. The van der Waals surface area contributed by atoms with Gasteiger partial charge in [0.2, 0.25) is 5.56 Å². The summed E-state index contributed by atoms with van der Waals surface area (Å²) in [4.78, 5) is 43.0. The number of rotatable bonds is 5. The fraction of sp³-hybridized carbons (Fsp3) is 0.167. The van der Waals surface area contributed by atoms with Gasteiger partial charge in [0.25, 0.3) is 5.91 Å². The average Bonchev–Trinajstić information content (AvgIpc) is 2.90. The van der Waals surface area contributed by atoms with E-state index in [2.05, 4.69) is 20.3 Å². The van der Waals surface area contributed by atoms with Crippen molar-refractivity contribution in [3.8, 4) is 0 Å². The van der Waals surface area contributed by atoms with Gasteiger partial charge in [0.1, 0.15) is 11.7 Å². The van der Waals surface area contributed by atoms with Gasteiger partial charge in [-0.25, -0.2) is 9.78 Å². The number of pyridine rings is 1. The second-order valence-corrected chi connectivity index (χ2v) is 4.07. The number of nitrogens with one attached hydrogen (secondary N) is 3. The van der Waals surface area contributed by atoms with Crippen molar-refractivity contribution in [3.05, 3.63) is 52.5 Å². The summed E-state index contributed by atoms with van der Waals surface area (Å²) in [5.74, 6) is -1.83. The summed E-state index contributed by atoms with van der Waals surface area (Å²) in [6.45, 7) is 0. The highest BCUT2D eigenvalue weighted by atomic mass is 16.4. The lowest BCUT2D eigenvalue weighted by Gasteiger charge is -2.13. The number of nitrogens with zero attached hydrogens (tertiary/aromatic N) is 1. The molecule has 2 aromatic rings. The van der Waals surface area contributed by atoms with Crippen LogP contribution in [-0.2, 0) is 11.2 Å². The molecular formula is C12H12N4O4. The maximum atomic E-state index is 11.9. The van der Waals surface area contributed by atoms with Crippen LogP contribution in [0.2, 0.25) is 0 Å². The number of aromatic nitrogens is 3. The quantitative estimate of drug-likeness (QED) is 0.586. The van der Waals surface area contributed by atoms with E-state index in [1.165, 1.54) is 30.7 Å². The minimum absolute atomic E-state index is 0.00774.